The van der Waals surface area contributed by atoms with Crippen molar-refractivity contribution in [3.63, 3.8) is 0 Å². The number of amides is 2. The molecular weight excluding hydrogens is 268 g/mol. The minimum Gasteiger partial charge on any atom is -0.480 e. The summed E-state index contributed by atoms with van der Waals surface area (Å²) in [6.07, 6.45) is 4.09. The van der Waals surface area contributed by atoms with Gasteiger partial charge >= 0.3 is 5.97 Å². The Bertz CT molecular complexity index is 369. The third kappa shape index (κ3) is 4.12. The summed E-state index contributed by atoms with van der Waals surface area (Å²) < 4.78 is 0. The lowest BCUT2D eigenvalue weighted by atomic mass is 9.76. The van der Waals surface area contributed by atoms with E-state index in [1.165, 1.54) is 6.92 Å². The number of carboxylic acid groups (broad SMARTS) is 1. The predicted octanol–water partition coefficient (Wildman–Crippen LogP) is 0.368. The Hall–Kier alpha value is -1.24. The van der Waals surface area contributed by atoms with E-state index in [0.29, 0.717) is 19.3 Å². The van der Waals surface area contributed by atoms with Gasteiger partial charge in [0.15, 0.2) is 0 Å². The van der Waals surface area contributed by atoms with Crippen LogP contribution in [0.15, 0.2) is 0 Å². The van der Waals surface area contributed by atoms with Crippen molar-refractivity contribution in [1.82, 2.24) is 10.6 Å². The summed E-state index contributed by atoms with van der Waals surface area (Å²) in [4.78, 5) is 34.4. The van der Waals surface area contributed by atoms with Crippen molar-refractivity contribution in [3.05, 3.63) is 0 Å². The SMILES string of the molecule is CSCC[C@H](NC(C)=O)C(=O)NC1(C(=O)O)CCC1. The largest absolute Gasteiger partial charge is 0.480 e. The first-order valence-corrected chi connectivity index (χ1v) is 7.62. The molecule has 0 aromatic carbocycles. The molecule has 2 amide bonds. The normalized spacial score (nSPS) is 18.0. The minimum absolute atomic E-state index is 0.292. The predicted molar refractivity (Wildman–Crippen MR) is 73.0 cm³/mol. The molecule has 0 spiro atoms. The van der Waals surface area contributed by atoms with Gasteiger partial charge in [0, 0.05) is 6.92 Å². The summed E-state index contributed by atoms with van der Waals surface area (Å²) in [5, 5.41) is 14.3. The van der Waals surface area contributed by atoms with Crippen molar-refractivity contribution in [2.75, 3.05) is 12.0 Å². The summed E-state index contributed by atoms with van der Waals surface area (Å²) in [5.41, 5.74) is -1.13. The topological polar surface area (TPSA) is 95.5 Å². The van der Waals surface area contributed by atoms with Crippen molar-refractivity contribution in [2.24, 2.45) is 0 Å². The van der Waals surface area contributed by atoms with Crippen LogP contribution in [0.25, 0.3) is 0 Å². The highest BCUT2D eigenvalue weighted by Gasteiger charge is 2.46. The van der Waals surface area contributed by atoms with Crippen LogP contribution in [-0.4, -0.2) is 46.5 Å². The molecule has 1 aliphatic carbocycles. The van der Waals surface area contributed by atoms with Crippen molar-refractivity contribution in [3.8, 4) is 0 Å². The second kappa shape index (κ2) is 6.79. The molecule has 1 rings (SSSR count). The Labute approximate surface area is 116 Å². The summed E-state index contributed by atoms with van der Waals surface area (Å²) in [6.45, 7) is 1.34. The second-order valence-corrected chi connectivity index (χ2v) is 5.75. The van der Waals surface area contributed by atoms with Crippen LogP contribution < -0.4 is 10.6 Å². The average Bonchev–Trinajstić information content (AvgIpc) is 2.27. The Morgan fingerprint density at radius 2 is 2.00 bits per heavy atom. The Morgan fingerprint density at radius 3 is 2.37 bits per heavy atom. The standard InChI is InChI=1S/C12H20N2O4S/c1-8(15)13-9(4-7-19-2)10(16)14-12(11(17)18)5-3-6-12/h9H,3-7H2,1-2H3,(H,13,15)(H,14,16)(H,17,18)/t9-/m0/s1. The molecule has 19 heavy (non-hydrogen) atoms. The van der Waals surface area contributed by atoms with Gasteiger partial charge in [0.25, 0.3) is 0 Å². The molecule has 3 N–H and O–H groups in total. The van der Waals surface area contributed by atoms with Crippen molar-refractivity contribution < 1.29 is 19.5 Å². The molecule has 0 aromatic rings. The third-order valence-electron chi connectivity index (χ3n) is 3.28. The summed E-state index contributed by atoms with van der Waals surface area (Å²) in [7, 11) is 0. The number of carboxylic acids is 1. The maximum absolute atomic E-state index is 12.1. The van der Waals surface area contributed by atoms with Crippen molar-refractivity contribution in [1.29, 1.82) is 0 Å². The van der Waals surface area contributed by atoms with Crippen LogP contribution in [0.4, 0.5) is 0 Å². The van der Waals surface area contributed by atoms with Gasteiger partial charge in [-0.05, 0) is 37.7 Å². The monoisotopic (exact) mass is 288 g/mol. The van der Waals surface area contributed by atoms with Crippen LogP contribution in [0.1, 0.15) is 32.6 Å². The fourth-order valence-corrected chi connectivity index (χ4v) is 2.47. The van der Waals surface area contributed by atoms with Gasteiger partial charge in [-0.15, -0.1) is 0 Å². The molecule has 0 radical (unpaired) electrons. The van der Waals surface area contributed by atoms with Gasteiger partial charge in [-0.1, -0.05) is 0 Å². The van der Waals surface area contributed by atoms with Gasteiger partial charge < -0.3 is 15.7 Å². The number of carbonyl (C=O) groups is 3. The number of thioether (sulfide) groups is 1. The molecule has 1 saturated carbocycles. The number of hydrogen-bond donors (Lipinski definition) is 3. The second-order valence-electron chi connectivity index (χ2n) is 4.76. The van der Waals surface area contributed by atoms with E-state index in [9.17, 15) is 14.4 Å². The fourth-order valence-electron chi connectivity index (χ4n) is 2.00. The number of aliphatic carboxylic acids is 1. The van der Waals surface area contributed by atoms with Gasteiger partial charge in [-0.25, -0.2) is 4.79 Å². The minimum atomic E-state index is -1.13. The zero-order valence-electron chi connectivity index (χ0n) is 11.2. The fraction of sp³-hybridized carbons (Fsp3) is 0.750. The van der Waals surface area contributed by atoms with Crippen LogP contribution in [-0.2, 0) is 14.4 Å². The molecule has 7 heteroatoms. The number of hydrogen-bond acceptors (Lipinski definition) is 4. The molecular formula is C12H20N2O4S. The van der Waals surface area contributed by atoms with Gasteiger partial charge in [0.2, 0.25) is 11.8 Å². The first kappa shape index (κ1) is 15.8. The lowest BCUT2D eigenvalue weighted by molar-refractivity contribution is -0.152. The molecule has 6 nitrogen and oxygen atoms in total. The molecule has 0 aromatic heterocycles. The molecule has 0 aliphatic heterocycles. The molecule has 0 saturated heterocycles. The molecule has 1 aliphatic rings. The highest BCUT2D eigenvalue weighted by Crippen LogP contribution is 2.32. The maximum atomic E-state index is 12.1. The first-order valence-electron chi connectivity index (χ1n) is 6.23. The number of rotatable bonds is 7. The zero-order chi connectivity index (χ0) is 14.5. The molecule has 0 unspecified atom stereocenters. The van der Waals surface area contributed by atoms with Gasteiger partial charge in [-0.2, -0.15) is 11.8 Å². The summed E-state index contributed by atoms with van der Waals surface area (Å²) in [5.74, 6) is -0.984. The maximum Gasteiger partial charge on any atom is 0.329 e. The zero-order valence-corrected chi connectivity index (χ0v) is 12.0. The molecule has 108 valence electrons. The van der Waals surface area contributed by atoms with Gasteiger partial charge in [0.05, 0.1) is 0 Å². The Kier molecular flexibility index (Phi) is 5.65. The van der Waals surface area contributed by atoms with Gasteiger partial charge in [-0.3, -0.25) is 9.59 Å². The van der Waals surface area contributed by atoms with Gasteiger partial charge in [0.1, 0.15) is 11.6 Å². The lowest BCUT2D eigenvalue weighted by Gasteiger charge is -2.39. The van der Waals surface area contributed by atoms with Crippen LogP contribution in [0.3, 0.4) is 0 Å². The van der Waals surface area contributed by atoms with Crippen LogP contribution in [0, 0.1) is 0 Å². The van der Waals surface area contributed by atoms with E-state index in [1.54, 1.807) is 11.8 Å². The lowest BCUT2D eigenvalue weighted by Crippen LogP contribution is -2.62. The van der Waals surface area contributed by atoms with E-state index in [0.717, 1.165) is 12.2 Å². The molecule has 0 bridgehead atoms. The highest BCUT2D eigenvalue weighted by atomic mass is 32.2. The van der Waals surface area contributed by atoms with E-state index < -0.39 is 23.5 Å². The summed E-state index contributed by atoms with van der Waals surface area (Å²) >= 11 is 1.57. The smallest absolute Gasteiger partial charge is 0.329 e. The Balaban J connectivity index is 2.65. The third-order valence-corrected chi connectivity index (χ3v) is 3.93. The number of nitrogens with one attached hydrogen (secondary N) is 2. The van der Waals surface area contributed by atoms with Crippen LogP contribution >= 0.6 is 11.8 Å². The van der Waals surface area contributed by atoms with Crippen LogP contribution in [0.5, 0.6) is 0 Å². The number of carbonyl (C=O) groups excluding carboxylic acids is 2. The quantitative estimate of drug-likeness (QED) is 0.629. The van der Waals surface area contributed by atoms with E-state index in [1.807, 2.05) is 6.26 Å². The average molecular weight is 288 g/mol. The Morgan fingerprint density at radius 1 is 1.37 bits per heavy atom. The summed E-state index contributed by atoms with van der Waals surface area (Å²) in [6, 6.07) is -0.665. The molecule has 1 fully saturated rings. The highest BCUT2D eigenvalue weighted by molar-refractivity contribution is 7.98. The van der Waals surface area contributed by atoms with Crippen LogP contribution in [0.2, 0.25) is 0 Å². The molecule has 1 atom stereocenters. The van der Waals surface area contributed by atoms with E-state index in [2.05, 4.69) is 10.6 Å². The van der Waals surface area contributed by atoms with Crippen molar-refractivity contribution in [2.45, 2.75) is 44.2 Å². The van der Waals surface area contributed by atoms with E-state index in [4.69, 9.17) is 5.11 Å². The first-order chi connectivity index (χ1) is 8.91. The van der Waals surface area contributed by atoms with E-state index in [-0.39, 0.29) is 5.91 Å². The van der Waals surface area contributed by atoms with Crippen molar-refractivity contribution >= 4 is 29.5 Å². The molecule has 0 heterocycles. The van der Waals surface area contributed by atoms with E-state index >= 15 is 0 Å².